The van der Waals surface area contributed by atoms with E-state index in [0.29, 0.717) is 11.3 Å². The van der Waals surface area contributed by atoms with Crippen molar-refractivity contribution >= 4 is 23.6 Å². The molecule has 0 spiro atoms. The minimum atomic E-state index is -1.28. The van der Waals surface area contributed by atoms with E-state index in [0.717, 1.165) is 16.2 Å². The van der Waals surface area contributed by atoms with Gasteiger partial charge in [0.1, 0.15) is 11.6 Å². The molecule has 0 fully saturated rings. The Hall–Kier alpha value is -4.40. The van der Waals surface area contributed by atoms with Crippen LogP contribution in [0.2, 0.25) is 0 Å². The van der Waals surface area contributed by atoms with Gasteiger partial charge < -0.3 is 15.6 Å². The van der Waals surface area contributed by atoms with E-state index in [4.69, 9.17) is 10.5 Å². The van der Waals surface area contributed by atoms with Crippen LogP contribution in [0.25, 0.3) is 16.8 Å². The van der Waals surface area contributed by atoms with E-state index in [2.05, 4.69) is 5.32 Å². The number of amides is 2. The van der Waals surface area contributed by atoms with Crippen molar-refractivity contribution in [3.8, 4) is 22.6 Å². The summed E-state index contributed by atoms with van der Waals surface area (Å²) in [7, 11) is 1.54. The van der Waals surface area contributed by atoms with Crippen LogP contribution in [-0.2, 0) is 0 Å². The van der Waals surface area contributed by atoms with Gasteiger partial charge in [0, 0.05) is 6.07 Å². The number of anilines is 1. The van der Waals surface area contributed by atoms with Crippen molar-refractivity contribution in [3.05, 3.63) is 75.6 Å². The minimum absolute atomic E-state index is 0.0201. The highest BCUT2D eigenvalue weighted by molar-refractivity contribution is 6.23. The quantitative estimate of drug-likeness (QED) is 0.561. The summed E-state index contributed by atoms with van der Waals surface area (Å²) in [5, 5.41) is 11.7. The van der Waals surface area contributed by atoms with Crippen LogP contribution in [0.4, 0.5) is 5.82 Å². The number of carboxylic acids is 1. The van der Waals surface area contributed by atoms with Crippen LogP contribution in [-0.4, -0.2) is 34.6 Å². The van der Waals surface area contributed by atoms with Crippen molar-refractivity contribution in [1.82, 2.24) is 9.88 Å². The van der Waals surface area contributed by atoms with E-state index in [1.54, 1.807) is 37.4 Å². The van der Waals surface area contributed by atoms with Crippen molar-refractivity contribution in [2.24, 2.45) is 0 Å². The summed E-state index contributed by atoms with van der Waals surface area (Å²) in [6, 6.07) is 12.4. The van der Waals surface area contributed by atoms with E-state index in [-0.39, 0.29) is 28.2 Å². The topological polar surface area (TPSA) is 141 Å². The molecule has 0 bridgehead atoms. The fourth-order valence-corrected chi connectivity index (χ4v) is 3.39. The van der Waals surface area contributed by atoms with Gasteiger partial charge in [0.05, 0.1) is 29.5 Å². The number of nitrogens with zero attached hydrogens (tertiary/aromatic N) is 1. The first kappa shape index (κ1) is 18.9. The van der Waals surface area contributed by atoms with Crippen LogP contribution in [0.5, 0.6) is 5.75 Å². The average molecular weight is 405 g/mol. The Morgan fingerprint density at radius 1 is 1.00 bits per heavy atom. The Bertz CT molecular complexity index is 1290. The molecule has 4 rings (SSSR count). The number of carboxylic acid groups (broad SMARTS) is 1. The maximum atomic E-state index is 12.7. The maximum Gasteiger partial charge on any atom is 0.337 e. The molecule has 9 nitrogen and oxygen atoms in total. The molecule has 0 radical (unpaired) electrons. The van der Waals surface area contributed by atoms with E-state index in [1.165, 1.54) is 12.1 Å². The number of aromatic nitrogens is 1. The first-order valence-corrected chi connectivity index (χ1v) is 8.75. The van der Waals surface area contributed by atoms with E-state index in [9.17, 15) is 24.3 Å². The molecular formula is C21H15N3O6. The highest BCUT2D eigenvalue weighted by Gasteiger charge is 2.32. The molecule has 30 heavy (non-hydrogen) atoms. The van der Waals surface area contributed by atoms with Crippen molar-refractivity contribution < 1.29 is 24.2 Å². The van der Waals surface area contributed by atoms with Gasteiger partial charge in [0.15, 0.2) is 0 Å². The normalized spacial score (nSPS) is 12.4. The summed E-state index contributed by atoms with van der Waals surface area (Å²) < 4.78 is 6.06. The molecule has 4 N–H and O–H groups in total. The number of nitrogens with one attached hydrogen (secondary N) is 1. The first-order chi connectivity index (χ1) is 14.3. The van der Waals surface area contributed by atoms with E-state index in [1.807, 2.05) is 0 Å². The minimum Gasteiger partial charge on any atom is -0.497 e. The van der Waals surface area contributed by atoms with Crippen molar-refractivity contribution in [2.45, 2.75) is 0 Å². The molecule has 0 aliphatic carbocycles. The molecule has 2 heterocycles. The second kappa shape index (κ2) is 6.89. The molecular weight excluding hydrogens is 390 g/mol. The van der Waals surface area contributed by atoms with Gasteiger partial charge in [-0.15, -0.1) is 0 Å². The predicted octanol–water partition coefficient (Wildman–Crippen LogP) is 1.68. The lowest BCUT2D eigenvalue weighted by Crippen LogP contribution is -2.25. The monoisotopic (exact) mass is 405 g/mol. The number of pyridine rings is 1. The molecule has 2 amide bonds. The Labute approximate surface area is 169 Å². The predicted molar refractivity (Wildman–Crippen MR) is 107 cm³/mol. The third-order valence-corrected chi connectivity index (χ3v) is 4.85. The summed E-state index contributed by atoms with van der Waals surface area (Å²) >= 11 is 0. The maximum absolute atomic E-state index is 12.7. The highest BCUT2D eigenvalue weighted by atomic mass is 16.5. The molecule has 1 aliphatic heterocycles. The first-order valence-electron chi connectivity index (χ1n) is 8.75. The number of hydrogen-bond acceptors (Lipinski definition) is 6. The van der Waals surface area contributed by atoms with Gasteiger partial charge in [-0.3, -0.25) is 24.3 Å². The van der Waals surface area contributed by atoms with E-state index < -0.39 is 23.3 Å². The summed E-state index contributed by atoms with van der Waals surface area (Å²) in [5.74, 6) is -2.41. The fraction of sp³-hybridized carbons (Fsp3) is 0.0476. The molecule has 1 aliphatic rings. The Kier molecular flexibility index (Phi) is 4.35. The molecule has 0 atom stereocenters. The van der Waals surface area contributed by atoms with Crippen molar-refractivity contribution in [3.63, 3.8) is 0 Å². The number of aromatic carboxylic acids is 1. The van der Waals surface area contributed by atoms with Crippen LogP contribution in [0.1, 0.15) is 31.1 Å². The van der Waals surface area contributed by atoms with Gasteiger partial charge in [0.2, 0.25) is 0 Å². The SMILES string of the molecule is COc1ccc(-c2ccc(C(=O)O)c(-n3c(N)c4c(cc3=O)C(=O)NC4=O)c2)cc1. The lowest BCUT2D eigenvalue weighted by molar-refractivity contribution is 0.0696. The molecule has 1 aromatic heterocycles. The molecule has 0 unspecified atom stereocenters. The third-order valence-electron chi connectivity index (χ3n) is 4.85. The van der Waals surface area contributed by atoms with E-state index >= 15 is 0 Å². The van der Waals surface area contributed by atoms with Gasteiger partial charge in [-0.25, -0.2) is 4.79 Å². The number of imide groups is 1. The number of nitrogen functional groups attached to an aromatic ring is 1. The lowest BCUT2D eigenvalue weighted by atomic mass is 10.0. The summed E-state index contributed by atoms with van der Waals surface area (Å²) in [4.78, 5) is 48.5. The molecule has 150 valence electrons. The smallest absolute Gasteiger partial charge is 0.337 e. The van der Waals surface area contributed by atoms with Gasteiger partial charge >= 0.3 is 5.97 Å². The third kappa shape index (κ3) is 2.89. The van der Waals surface area contributed by atoms with Crippen LogP contribution in [0, 0.1) is 0 Å². The Morgan fingerprint density at radius 2 is 1.67 bits per heavy atom. The zero-order chi connectivity index (χ0) is 21.6. The van der Waals surface area contributed by atoms with Crippen LogP contribution in [0.3, 0.4) is 0 Å². The average Bonchev–Trinajstić information content (AvgIpc) is 3.01. The lowest BCUT2D eigenvalue weighted by Gasteiger charge is -2.15. The van der Waals surface area contributed by atoms with Crippen LogP contribution >= 0.6 is 0 Å². The van der Waals surface area contributed by atoms with Gasteiger partial charge in [0.25, 0.3) is 17.4 Å². The number of hydrogen-bond donors (Lipinski definition) is 3. The Balaban J connectivity index is 1.97. The number of carbonyl (C=O) groups excluding carboxylic acids is 2. The fourth-order valence-electron chi connectivity index (χ4n) is 3.39. The summed E-state index contributed by atoms with van der Waals surface area (Å²) in [6.07, 6.45) is 0. The number of nitrogens with two attached hydrogens (primary N) is 1. The number of fused-ring (bicyclic) bond motifs is 1. The van der Waals surface area contributed by atoms with Gasteiger partial charge in [-0.05, 0) is 35.4 Å². The zero-order valence-electron chi connectivity index (χ0n) is 15.6. The molecule has 3 aromatic rings. The van der Waals surface area contributed by atoms with Crippen LogP contribution in [0.15, 0.2) is 53.3 Å². The molecule has 2 aromatic carbocycles. The number of ether oxygens (including phenoxy) is 1. The zero-order valence-corrected chi connectivity index (χ0v) is 15.6. The number of methoxy groups -OCH3 is 1. The highest BCUT2D eigenvalue weighted by Crippen LogP contribution is 2.29. The molecule has 0 saturated heterocycles. The largest absolute Gasteiger partial charge is 0.497 e. The van der Waals surface area contributed by atoms with Crippen molar-refractivity contribution in [2.75, 3.05) is 12.8 Å². The molecule has 0 saturated carbocycles. The second-order valence-corrected chi connectivity index (χ2v) is 6.54. The number of benzene rings is 2. The number of carbonyl (C=O) groups is 3. The van der Waals surface area contributed by atoms with Gasteiger partial charge in [-0.2, -0.15) is 0 Å². The van der Waals surface area contributed by atoms with Crippen molar-refractivity contribution in [1.29, 1.82) is 0 Å². The summed E-state index contributed by atoms with van der Waals surface area (Å²) in [6.45, 7) is 0. The second-order valence-electron chi connectivity index (χ2n) is 6.54. The van der Waals surface area contributed by atoms with Crippen LogP contribution < -0.4 is 21.3 Å². The molecule has 9 heteroatoms. The standard InChI is InChI=1S/C21H15N3O6/c1-30-12-5-2-10(3-6-12)11-4-7-13(21(28)29)15(8-11)24-16(25)9-14-17(18(24)22)20(27)23-19(14)26/h2-9H,22H2,1H3,(H,28,29)(H,23,26,27). The van der Waals surface area contributed by atoms with Gasteiger partial charge in [-0.1, -0.05) is 18.2 Å². The number of rotatable bonds is 4. The summed E-state index contributed by atoms with van der Waals surface area (Å²) in [5.41, 5.74) is 6.18. The Morgan fingerprint density at radius 3 is 2.30 bits per heavy atom.